The van der Waals surface area contributed by atoms with Gasteiger partial charge in [-0.15, -0.1) is 0 Å². The molecule has 1 amide bonds. The van der Waals surface area contributed by atoms with Crippen molar-refractivity contribution in [3.05, 3.63) is 58.7 Å². The number of nitrogens with one attached hydrogen (secondary N) is 1. The molecule has 1 atom stereocenters. The molecule has 1 aliphatic rings. The Kier molecular flexibility index (Phi) is 5.25. The first-order chi connectivity index (χ1) is 12.0. The van der Waals surface area contributed by atoms with Crippen molar-refractivity contribution in [1.29, 1.82) is 0 Å². The van der Waals surface area contributed by atoms with Crippen molar-refractivity contribution < 1.29 is 9.90 Å². The van der Waals surface area contributed by atoms with Crippen LogP contribution in [0.1, 0.15) is 24.0 Å². The number of nitrogens with zero attached hydrogens (tertiary/aromatic N) is 2. The molecule has 2 heterocycles. The highest BCUT2D eigenvalue weighted by Gasteiger charge is 2.39. The Morgan fingerprint density at radius 2 is 2.08 bits per heavy atom. The molecule has 0 radical (unpaired) electrons. The van der Waals surface area contributed by atoms with Crippen LogP contribution in [0, 0.1) is 6.92 Å². The summed E-state index contributed by atoms with van der Waals surface area (Å²) in [4.78, 5) is 18.3. The molecule has 5 nitrogen and oxygen atoms in total. The molecule has 1 aromatic carbocycles. The SMILES string of the molecule is Cc1ccc(C2(O)CCN(C(=O)CCNc3ccc(Cl)cn3)C2)cc1. The van der Waals surface area contributed by atoms with E-state index in [1.54, 1.807) is 23.2 Å². The van der Waals surface area contributed by atoms with Crippen molar-refractivity contribution in [2.75, 3.05) is 25.0 Å². The van der Waals surface area contributed by atoms with Gasteiger partial charge in [0.25, 0.3) is 0 Å². The minimum atomic E-state index is -0.950. The minimum absolute atomic E-state index is 0.0319. The average Bonchev–Trinajstić information content (AvgIpc) is 3.01. The van der Waals surface area contributed by atoms with Crippen LogP contribution in [0.2, 0.25) is 5.02 Å². The van der Waals surface area contributed by atoms with Gasteiger partial charge in [0.1, 0.15) is 11.4 Å². The van der Waals surface area contributed by atoms with Gasteiger partial charge in [-0.1, -0.05) is 41.4 Å². The maximum Gasteiger partial charge on any atom is 0.224 e. The topological polar surface area (TPSA) is 65.5 Å². The number of pyridine rings is 1. The molecule has 1 unspecified atom stereocenters. The highest BCUT2D eigenvalue weighted by atomic mass is 35.5. The van der Waals surface area contributed by atoms with E-state index in [9.17, 15) is 9.90 Å². The molecule has 0 saturated carbocycles. The summed E-state index contributed by atoms with van der Waals surface area (Å²) >= 11 is 5.79. The van der Waals surface area contributed by atoms with E-state index in [1.807, 2.05) is 31.2 Å². The Bertz CT molecular complexity index is 733. The summed E-state index contributed by atoms with van der Waals surface area (Å²) in [5, 5.41) is 14.6. The number of amides is 1. The highest BCUT2D eigenvalue weighted by molar-refractivity contribution is 6.30. The first kappa shape index (κ1) is 17.7. The van der Waals surface area contributed by atoms with Crippen LogP contribution in [0.25, 0.3) is 0 Å². The molecule has 1 fully saturated rings. The number of aryl methyl sites for hydroxylation is 1. The lowest BCUT2D eigenvalue weighted by molar-refractivity contribution is -0.130. The van der Waals surface area contributed by atoms with Gasteiger partial charge in [-0.05, 0) is 31.0 Å². The minimum Gasteiger partial charge on any atom is -0.383 e. The summed E-state index contributed by atoms with van der Waals surface area (Å²) in [7, 11) is 0. The first-order valence-electron chi connectivity index (χ1n) is 8.39. The monoisotopic (exact) mass is 359 g/mol. The van der Waals surface area contributed by atoms with Crippen molar-refractivity contribution in [1.82, 2.24) is 9.88 Å². The fourth-order valence-electron chi connectivity index (χ4n) is 3.04. The maximum absolute atomic E-state index is 12.4. The number of hydrogen-bond acceptors (Lipinski definition) is 4. The third kappa shape index (κ3) is 4.30. The summed E-state index contributed by atoms with van der Waals surface area (Å²) in [5.74, 6) is 0.722. The van der Waals surface area contributed by atoms with Gasteiger partial charge in [-0.2, -0.15) is 0 Å². The van der Waals surface area contributed by atoms with Crippen LogP contribution in [-0.2, 0) is 10.4 Å². The molecule has 1 aromatic heterocycles. The van der Waals surface area contributed by atoms with Gasteiger partial charge >= 0.3 is 0 Å². The molecule has 1 saturated heterocycles. The Morgan fingerprint density at radius 1 is 1.32 bits per heavy atom. The van der Waals surface area contributed by atoms with Crippen LogP contribution in [0.4, 0.5) is 5.82 Å². The van der Waals surface area contributed by atoms with Gasteiger partial charge in [-0.25, -0.2) is 4.98 Å². The van der Waals surface area contributed by atoms with E-state index >= 15 is 0 Å². The number of carbonyl (C=O) groups is 1. The van der Waals surface area contributed by atoms with Crippen molar-refractivity contribution >= 4 is 23.3 Å². The van der Waals surface area contributed by atoms with Crippen molar-refractivity contribution in [3.63, 3.8) is 0 Å². The number of halogens is 1. The summed E-state index contributed by atoms with van der Waals surface area (Å²) < 4.78 is 0. The number of hydrogen-bond donors (Lipinski definition) is 2. The van der Waals surface area contributed by atoms with E-state index in [4.69, 9.17) is 11.6 Å². The molecular weight excluding hydrogens is 338 g/mol. The zero-order valence-corrected chi connectivity index (χ0v) is 15.0. The first-order valence-corrected chi connectivity index (χ1v) is 8.77. The molecule has 132 valence electrons. The van der Waals surface area contributed by atoms with Crippen LogP contribution >= 0.6 is 11.6 Å². The quantitative estimate of drug-likeness (QED) is 0.861. The molecule has 25 heavy (non-hydrogen) atoms. The van der Waals surface area contributed by atoms with Crippen LogP contribution in [-0.4, -0.2) is 40.5 Å². The molecule has 2 N–H and O–H groups in total. The highest BCUT2D eigenvalue weighted by Crippen LogP contribution is 2.32. The fraction of sp³-hybridized carbons (Fsp3) is 0.368. The van der Waals surface area contributed by atoms with E-state index in [2.05, 4.69) is 10.3 Å². The van der Waals surface area contributed by atoms with Crippen molar-refractivity contribution in [2.24, 2.45) is 0 Å². The van der Waals surface area contributed by atoms with E-state index in [1.165, 1.54) is 0 Å². The summed E-state index contributed by atoms with van der Waals surface area (Å²) in [5.41, 5.74) is 1.08. The standard InChI is InChI=1S/C19H22ClN3O2/c1-14-2-4-15(5-3-14)19(25)9-11-23(13-19)18(24)8-10-21-17-7-6-16(20)12-22-17/h2-7,12,25H,8-11,13H2,1H3,(H,21,22). The molecule has 0 bridgehead atoms. The van der Waals surface area contributed by atoms with E-state index in [0.717, 1.165) is 11.1 Å². The second-order valence-corrected chi connectivity index (χ2v) is 6.94. The Balaban J connectivity index is 1.52. The van der Waals surface area contributed by atoms with Gasteiger partial charge in [0, 0.05) is 25.7 Å². The number of rotatable bonds is 5. The summed E-state index contributed by atoms with van der Waals surface area (Å²) in [6.07, 6.45) is 2.48. The number of carbonyl (C=O) groups excluding carboxylic acids is 1. The van der Waals surface area contributed by atoms with Gasteiger partial charge in [-0.3, -0.25) is 4.79 Å². The van der Waals surface area contributed by atoms with Gasteiger partial charge in [0.2, 0.25) is 5.91 Å². The van der Waals surface area contributed by atoms with Gasteiger partial charge in [0.05, 0.1) is 11.6 Å². The zero-order chi connectivity index (χ0) is 17.9. The molecule has 6 heteroatoms. The molecule has 2 aromatic rings. The Hall–Kier alpha value is -2.11. The smallest absolute Gasteiger partial charge is 0.224 e. The van der Waals surface area contributed by atoms with Crippen LogP contribution in [0.3, 0.4) is 0 Å². The fourth-order valence-corrected chi connectivity index (χ4v) is 3.15. The number of benzene rings is 1. The lowest BCUT2D eigenvalue weighted by Crippen LogP contribution is -2.35. The predicted octanol–water partition coefficient (Wildman–Crippen LogP) is 2.97. The molecule has 3 rings (SSSR count). The van der Waals surface area contributed by atoms with E-state index in [-0.39, 0.29) is 5.91 Å². The number of aromatic nitrogens is 1. The Labute approximate surface area is 152 Å². The van der Waals surface area contributed by atoms with E-state index in [0.29, 0.717) is 43.3 Å². The second-order valence-electron chi connectivity index (χ2n) is 6.50. The number of likely N-dealkylation sites (tertiary alicyclic amines) is 1. The third-order valence-electron chi connectivity index (χ3n) is 4.56. The molecule has 1 aliphatic heterocycles. The van der Waals surface area contributed by atoms with Gasteiger partial charge in [0.15, 0.2) is 0 Å². The van der Waals surface area contributed by atoms with Crippen molar-refractivity contribution in [3.8, 4) is 0 Å². The van der Waals surface area contributed by atoms with Crippen molar-refractivity contribution in [2.45, 2.75) is 25.4 Å². The number of aliphatic hydroxyl groups is 1. The Morgan fingerprint density at radius 3 is 2.76 bits per heavy atom. The van der Waals surface area contributed by atoms with Gasteiger partial charge < -0.3 is 15.3 Å². The second kappa shape index (κ2) is 7.42. The molecule has 0 aliphatic carbocycles. The van der Waals surface area contributed by atoms with Crippen LogP contribution in [0.15, 0.2) is 42.6 Å². The lowest BCUT2D eigenvalue weighted by atomic mass is 9.92. The maximum atomic E-state index is 12.4. The lowest BCUT2D eigenvalue weighted by Gasteiger charge is -2.24. The van der Waals surface area contributed by atoms with Crippen LogP contribution in [0.5, 0.6) is 0 Å². The van der Waals surface area contributed by atoms with E-state index < -0.39 is 5.60 Å². The summed E-state index contributed by atoms with van der Waals surface area (Å²) in [6, 6.07) is 11.4. The average molecular weight is 360 g/mol. The number of β-amino-alcohol motifs (C(OH)–C–C–N with tert-alkyl or cyclic N) is 1. The summed E-state index contributed by atoms with van der Waals surface area (Å²) in [6.45, 7) is 3.42. The number of anilines is 1. The largest absolute Gasteiger partial charge is 0.383 e. The molecular formula is C19H22ClN3O2. The molecule has 0 spiro atoms. The van der Waals surface area contributed by atoms with Crippen LogP contribution < -0.4 is 5.32 Å². The zero-order valence-electron chi connectivity index (χ0n) is 14.2. The predicted molar refractivity (Wildman–Crippen MR) is 98.6 cm³/mol. The third-order valence-corrected chi connectivity index (χ3v) is 4.79. The normalized spacial score (nSPS) is 19.9.